The van der Waals surface area contributed by atoms with Crippen molar-refractivity contribution < 1.29 is 14.3 Å². The highest BCUT2D eigenvalue weighted by Crippen LogP contribution is 2.32. The Morgan fingerprint density at radius 3 is 2.40 bits per heavy atom. The molecule has 1 atom stereocenters. The number of ether oxygens (including phenoxy) is 1. The predicted octanol–water partition coefficient (Wildman–Crippen LogP) is 5.67. The Labute approximate surface area is 212 Å². The maximum atomic E-state index is 13.0. The number of anilines is 2. The number of benzene rings is 2. The summed E-state index contributed by atoms with van der Waals surface area (Å²) >= 11 is 5.55. The summed E-state index contributed by atoms with van der Waals surface area (Å²) in [5.41, 5.74) is 5.70. The number of nitrogens with zero attached hydrogens (tertiary/aromatic N) is 1. The first-order chi connectivity index (χ1) is 16.6. The van der Waals surface area contributed by atoms with E-state index in [1.165, 1.54) is 0 Å². The van der Waals surface area contributed by atoms with Crippen molar-refractivity contribution in [2.24, 2.45) is 5.92 Å². The molecule has 1 aliphatic rings. The van der Waals surface area contributed by atoms with Gasteiger partial charge in [0.2, 0.25) is 0 Å². The molecule has 35 heavy (non-hydrogen) atoms. The van der Waals surface area contributed by atoms with Crippen molar-refractivity contribution in [2.75, 3.05) is 23.8 Å². The van der Waals surface area contributed by atoms with E-state index in [1.807, 2.05) is 76.8 Å². The smallest absolute Gasteiger partial charge is 0.338 e. The fourth-order valence-electron chi connectivity index (χ4n) is 3.93. The molecular formula is C27H34N4O3S. The lowest BCUT2D eigenvalue weighted by atomic mass is 9.95. The summed E-state index contributed by atoms with van der Waals surface area (Å²) in [4.78, 5) is 27.5. The monoisotopic (exact) mass is 494 g/mol. The van der Waals surface area contributed by atoms with Gasteiger partial charge < -0.3 is 25.6 Å². The Balaban J connectivity index is 1.79. The summed E-state index contributed by atoms with van der Waals surface area (Å²) < 4.78 is 5.57. The zero-order chi connectivity index (χ0) is 25.7. The summed E-state index contributed by atoms with van der Waals surface area (Å²) in [5.74, 6) is -0.122. The molecule has 0 radical (unpaired) electrons. The minimum absolute atomic E-state index is 0.235. The van der Waals surface area contributed by atoms with E-state index < -0.39 is 6.04 Å². The quantitative estimate of drug-likeness (QED) is 0.340. The largest absolute Gasteiger partial charge is 0.462 e. The molecule has 3 rings (SSSR count). The summed E-state index contributed by atoms with van der Waals surface area (Å²) in [5, 5.41) is 9.60. The van der Waals surface area contributed by atoms with Crippen LogP contribution < -0.4 is 16.0 Å². The average molecular weight is 495 g/mol. The molecule has 0 saturated carbocycles. The summed E-state index contributed by atoms with van der Waals surface area (Å²) in [6.45, 7) is 12.8. The van der Waals surface area contributed by atoms with Gasteiger partial charge in [-0.2, -0.15) is 0 Å². The number of carbonyl (C=O) groups excluding carboxylic acids is 2. The molecule has 0 fully saturated rings. The number of hydrogen-bond donors (Lipinski definition) is 3. The van der Waals surface area contributed by atoms with E-state index in [9.17, 15) is 9.59 Å². The standard InChI is InChI=1S/C27H34N4O3S/c1-7-31-19(6)23(25(32)34-15-16(2)3)24(30-27(31)35)20-11-13-21(14-12-20)28-26(33)29-22-10-8-9-17(4)18(22)5/h8-14,16,24H,7,15H2,1-6H3,(H,30,35)(H2,28,29,33)/t24-/m0/s1. The van der Waals surface area contributed by atoms with Gasteiger partial charge in [0.15, 0.2) is 5.11 Å². The molecule has 0 aliphatic carbocycles. The summed E-state index contributed by atoms with van der Waals surface area (Å²) in [6, 6.07) is 12.4. The van der Waals surface area contributed by atoms with E-state index in [1.54, 1.807) is 12.1 Å². The highest BCUT2D eigenvalue weighted by Gasteiger charge is 2.34. The third-order valence-electron chi connectivity index (χ3n) is 6.03. The van der Waals surface area contributed by atoms with E-state index in [2.05, 4.69) is 16.0 Å². The molecule has 7 nitrogen and oxygen atoms in total. The van der Waals surface area contributed by atoms with Crippen LogP contribution in [0, 0.1) is 19.8 Å². The van der Waals surface area contributed by atoms with Gasteiger partial charge in [-0.25, -0.2) is 9.59 Å². The van der Waals surface area contributed by atoms with Gasteiger partial charge in [0.1, 0.15) is 0 Å². The first-order valence-corrected chi connectivity index (χ1v) is 12.2. The van der Waals surface area contributed by atoms with Crippen molar-refractivity contribution in [1.82, 2.24) is 10.2 Å². The second kappa shape index (κ2) is 11.4. The van der Waals surface area contributed by atoms with Crippen LogP contribution in [0.4, 0.5) is 16.2 Å². The normalized spacial score (nSPS) is 15.7. The highest BCUT2D eigenvalue weighted by atomic mass is 32.1. The molecule has 3 N–H and O–H groups in total. The third-order valence-corrected chi connectivity index (χ3v) is 6.37. The zero-order valence-corrected chi connectivity index (χ0v) is 22.0. The van der Waals surface area contributed by atoms with Gasteiger partial charge in [-0.1, -0.05) is 38.1 Å². The molecule has 0 spiro atoms. The lowest BCUT2D eigenvalue weighted by Gasteiger charge is -2.37. The molecule has 2 aromatic rings. The van der Waals surface area contributed by atoms with Gasteiger partial charge >= 0.3 is 12.0 Å². The highest BCUT2D eigenvalue weighted by molar-refractivity contribution is 7.80. The van der Waals surface area contributed by atoms with Crippen LogP contribution in [0.1, 0.15) is 50.4 Å². The van der Waals surface area contributed by atoms with Crippen molar-refractivity contribution in [1.29, 1.82) is 0 Å². The molecule has 0 unspecified atom stereocenters. The molecule has 0 aromatic heterocycles. The molecular weight excluding hydrogens is 460 g/mol. The predicted molar refractivity (Wildman–Crippen MR) is 144 cm³/mol. The Bertz CT molecular complexity index is 1140. The minimum Gasteiger partial charge on any atom is -0.462 e. The van der Waals surface area contributed by atoms with Gasteiger partial charge in [-0.3, -0.25) is 0 Å². The third kappa shape index (κ3) is 6.19. The SMILES string of the molecule is CCN1C(=S)N[C@@H](c2ccc(NC(=O)Nc3cccc(C)c3C)cc2)C(C(=O)OCC(C)C)=C1C. The number of rotatable bonds is 7. The van der Waals surface area contributed by atoms with E-state index >= 15 is 0 Å². The van der Waals surface area contributed by atoms with E-state index in [-0.39, 0.29) is 17.9 Å². The molecule has 1 heterocycles. The number of urea groups is 1. The number of nitrogens with one attached hydrogen (secondary N) is 3. The van der Waals surface area contributed by atoms with Crippen LogP contribution in [0.25, 0.3) is 0 Å². The molecule has 2 amide bonds. The number of esters is 1. The number of allylic oxidation sites excluding steroid dienone is 1. The van der Waals surface area contributed by atoms with Gasteiger partial charge in [-0.15, -0.1) is 0 Å². The molecule has 186 valence electrons. The van der Waals surface area contributed by atoms with Crippen LogP contribution in [-0.4, -0.2) is 35.2 Å². The van der Waals surface area contributed by atoms with Crippen LogP contribution in [0.2, 0.25) is 0 Å². The molecule has 0 saturated heterocycles. The Kier molecular flexibility index (Phi) is 8.51. The van der Waals surface area contributed by atoms with Crippen LogP contribution in [-0.2, 0) is 9.53 Å². The fraction of sp³-hybridized carbons (Fsp3) is 0.370. The van der Waals surface area contributed by atoms with E-state index in [4.69, 9.17) is 17.0 Å². The van der Waals surface area contributed by atoms with Crippen LogP contribution >= 0.6 is 12.2 Å². The second-order valence-electron chi connectivity index (χ2n) is 9.07. The van der Waals surface area contributed by atoms with Crippen molar-refractivity contribution in [3.05, 3.63) is 70.4 Å². The Hall–Kier alpha value is -3.39. The number of thiocarbonyl (C=S) groups is 1. The lowest BCUT2D eigenvalue weighted by molar-refractivity contribution is -0.140. The van der Waals surface area contributed by atoms with Gasteiger partial charge in [0.25, 0.3) is 0 Å². The van der Waals surface area contributed by atoms with Gasteiger partial charge in [0, 0.05) is 23.6 Å². The van der Waals surface area contributed by atoms with Gasteiger partial charge in [0.05, 0.1) is 18.2 Å². The fourth-order valence-corrected chi connectivity index (χ4v) is 4.31. The molecule has 0 bridgehead atoms. The maximum absolute atomic E-state index is 13.0. The first-order valence-electron chi connectivity index (χ1n) is 11.8. The Morgan fingerprint density at radius 1 is 1.09 bits per heavy atom. The second-order valence-corrected chi connectivity index (χ2v) is 9.45. The number of amides is 2. The summed E-state index contributed by atoms with van der Waals surface area (Å²) in [7, 11) is 0. The molecule has 8 heteroatoms. The van der Waals surface area contributed by atoms with E-state index in [0.717, 1.165) is 28.1 Å². The minimum atomic E-state index is -0.442. The number of hydrogen-bond acceptors (Lipinski definition) is 4. The lowest BCUT2D eigenvalue weighted by Crippen LogP contribution is -2.47. The van der Waals surface area contributed by atoms with Crippen LogP contribution in [0.15, 0.2) is 53.7 Å². The average Bonchev–Trinajstić information content (AvgIpc) is 2.81. The molecule has 2 aromatic carbocycles. The van der Waals surface area contributed by atoms with Crippen LogP contribution in [0.3, 0.4) is 0 Å². The Morgan fingerprint density at radius 2 is 1.77 bits per heavy atom. The van der Waals surface area contributed by atoms with Crippen molar-refractivity contribution >= 4 is 40.7 Å². The topological polar surface area (TPSA) is 82.7 Å². The van der Waals surface area contributed by atoms with Crippen molar-refractivity contribution in [2.45, 2.75) is 47.6 Å². The number of carbonyl (C=O) groups is 2. The van der Waals surface area contributed by atoms with E-state index in [0.29, 0.717) is 29.5 Å². The maximum Gasteiger partial charge on any atom is 0.338 e. The van der Waals surface area contributed by atoms with Gasteiger partial charge in [-0.05, 0) is 80.7 Å². The molecule has 1 aliphatic heterocycles. The van der Waals surface area contributed by atoms with Crippen LogP contribution in [0.5, 0.6) is 0 Å². The number of aryl methyl sites for hydroxylation is 1. The van der Waals surface area contributed by atoms with Crippen molar-refractivity contribution in [3.63, 3.8) is 0 Å². The summed E-state index contributed by atoms with van der Waals surface area (Å²) in [6.07, 6.45) is 0. The van der Waals surface area contributed by atoms with Crippen molar-refractivity contribution in [3.8, 4) is 0 Å². The zero-order valence-electron chi connectivity index (χ0n) is 21.2. The first kappa shape index (κ1) is 26.2.